The summed E-state index contributed by atoms with van der Waals surface area (Å²) < 4.78 is 4.99. The summed E-state index contributed by atoms with van der Waals surface area (Å²) in [5.41, 5.74) is 3.03. The molecule has 0 aliphatic carbocycles. The Morgan fingerprint density at radius 1 is 1.53 bits per heavy atom. The van der Waals surface area contributed by atoms with Gasteiger partial charge in [-0.25, -0.2) is 4.98 Å². The van der Waals surface area contributed by atoms with Gasteiger partial charge in [-0.2, -0.15) is 0 Å². The van der Waals surface area contributed by atoms with E-state index in [-0.39, 0.29) is 11.7 Å². The molecule has 0 spiro atoms. The van der Waals surface area contributed by atoms with Crippen molar-refractivity contribution < 1.29 is 9.66 Å². The van der Waals surface area contributed by atoms with Gasteiger partial charge in [-0.1, -0.05) is 0 Å². The molecule has 100 valence electrons. The maximum Gasteiger partial charge on any atom is 0.296 e. The number of benzene rings is 1. The van der Waals surface area contributed by atoms with Crippen molar-refractivity contribution in [3.63, 3.8) is 0 Å². The van der Waals surface area contributed by atoms with Crippen LogP contribution in [0.4, 0.5) is 11.4 Å². The van der Waals surface area contributed by atoms with Gasteiger partial charge in [0.05, 0.1) is 35.3 Å². The number of ether oxygens (including phenoxy) is 1. The topological polar surface area (TPSA) is 77.3 Å². The number of aromatic nitrogens is 1. The van der Waals surface area contributed by atoms with E-state index in [0.717, 1.165) is 5.69 Å². The van der Waals surface area contributed by atoms with Gasteiger partial charge in [0.15, 0.2) is 0 Å². The molecule has 1 aromatic carbocycles. The van der Waals surface area contributed by atoms with E-state index in [0.29, 0.717) is 11.4 Å². The largest absolute Gasteiger partial charge is 0.496 e. The van der Waals surface area contributed by atoms with E-state index in [1.807, 2.05) is 12.3 Å². The maximum atomic E-state index is 11.1. The fourth-order valence-electron chi connectivity index (χ4n) is 1.65. The van der Waals surface area contributed by atoms with Crippen molar-refractivity contribution in [2.75, 3.05) is 12.4 Å². The summed E-state index contributed by atoms with van der Waals surface area (Å²) in [4.78, 5) is 14.8. The molecule has 1 atom stereocenters. The Balaban J connectivity index is 2.27. The summed E-state index contributed by atoms with van der Waals surface area (Å²) in [6.07, 6.45) is 0. The quantitative estimate of drug-likeness (QED) is 0.671. The Labute approximate surface area is 114 Å². The van der Waals surface area contributed by atoms with Gasteiger partial charge in [-0.15, -0.1) is 11.3 Å². The Bertz CT molecular complexity index is 572. The average Bonchev–Trinajstić information content (AvgIpc) is 2.92. The van der Waals surface area contributed by atoms with Crippen LogP contribution in [-0.2, 0) is 0 Å². The third-order valence-electron chi connectivity index (χ3n) is 2.67. The van der Waals surface area contributed by atoms with Gasteiger partial charge in [-0.05, 0) is 19.1 Å². The highest BCUT2D eigenvalue weighted by atomic mass is 32.1. The monoisotopic (exact) mass is 279 g/mol. The summed E-state index contributed by atoms with van der Waals surface area (Å²) in [5, 5.41) is 16.1. The number of rotatable bonds is 5. The average molecular weight is 279 g/mol. The lowest BCUT2D eigenvalue weighted by atomic mass is 10.2. The lowest BCUT2D eigenvalue weighted by molar-refractivity contribution is -0.384. The Morgan fingerprint density at radius 3 is 2.89 bits per heavy atom. The van der Waals surface area contributed by atoms with E-state index < -0.39 is 4.92 Å². The standard InChI is InChI=1S/C12H13N3O3S/c1-8(11-6-19-7-13-11)14-10-4-3-9(18-2)5-12(10)15(16)17/h3-8,14H,1-2H3. The summed E-state index contributed by atoms with van der Waals surface area (Å²) in [6.45, 7) is 1.91. The zero-order valence-corrected chi connectivity index (χ0v) is 11.3. The van der Waals surface area contributed by atoms with Crippen LogP contribution in [0.25, 0.3) is 0 Å². The van der Waals surface area contributed by atoms with E-state index in [9.17, 15) is 10.1 Å². The van der Waals surface area contributed by atoms with Crippen molar-refractivity contribution >= 4 is 22.7 Å². The van der Waals surface area contributed by atoms with Crippen molar-refractivity contribution in [2.45, 2.75) is 13.0 Å². The van der Waals surface area contributed by atoms with Crippen molar-refractivity contribution in [2.24, 2.45) is 0 Å². The highest BCUT2D eigenvalue weighted by Gasteiger charge is 2.17. The van der Waals surface area contributed by atoms with E-state index >= 15 is 0 Å². The molecule has 0 aliphatic rings. The third-order valence-corrected chi connectivity index (χ3v) is 3.27. The van der Waals surface area contributed by atoms with Crippen LogP contribution in [0.2, 0.25) is 0 Å². The van der Waals surface area contributed by atoms with Crippen LogP contribution < -0.4 is 10.1 Å². The molecule has 1 unspecified atom stereocenters. The molecule has 0 bridgehead atoms. The van der Waals surface area contributed by atoms with Gasteiger partial charge in [0.1, 0.15) is 11.4 Å². The van der Waals surface area contributed by atoms with Gasteiger partial charge in [0, 0.05) is 5.38 Å². The van der Waals surface area contributed by atoms with Crippen LogP contribution in [-0.4, -0.2) is 17.0 Å². The molecule has 0 amide bonds. The first-order chi connectivity index (χ1) is 9.11. The highest BCUT2D eigenvalue weighted by Crippen LogP contribution is 2.31. The molecule has 6 nitrogen and oxygen atoms in total. The Hall–Kier alpha value is -2.15. The van der Waals surface area contributed by atoms with Gasteiger partial charge >= 0.3 is 0 Å². The Morgan fingerprint density at radius 2 is 2.32 bits per heavy atom. The van der Waals surface area contributed by atoms with Gasteiger partial charge in [0.25, 0.3) is 5.69 Å². The second-order valence-corrected chi connectivity index (χ2v) is 4.64. The van der Waals surface area contributed by atoms with Gasteiger partial charge < -0.3 is 10.1 Å². The maximum absolute atomic E-state index is 11.1. The van der Waals surface area contributed by atoms with Crippen LogP contribution in [0, 0.1) is 10.1 Å². The normalized spacial score (nSPS) is 11.9. The molecular weight excluding hydrogens is 266 g/mol. The fourth-order valence-corrected chi connectivity index (χ4v) is 2.30. The number of thiazole rings is 1. The van der Waals surface area contributed by atoms with Crippen LogP contribution in [0.5, 0.6) is 5.75 Å². The number of nitro groups is 1. The number of hydrogen-bond acceptors (Lipinski definition) is 6. The molecule has 1 aromatic heterocycles. The molecular formula is C12H13N3O3S. The summed E-state index contributed by atoms with van der Waals surface area (Å²) >= 11 is 1.49. The molecule has 1 N–H and O–H groups in total. The van der Waals surface area contributed by atoms with E-state index in [1.54, 1.807) is 17.6 Å². The van der Waals surface area contributed by atoms with Crippen molar-refractivity contribution in [3.05, 3.63) is 44.9 Å². The second kappa shape index (κ2) is 5.66. The molecule has 7 heteroatoms. The van der Waals surface area contributed by atoms with Crippen LogP contribution in [0.1, 0.15) is 18.7 Å². The number of nitrogens with zero attached hydrogens (tertiary/aromatic N) is 2. The summed E-state index contributed by atoms with van der Waals surface area (Å²) in [6, 6.07) is 4.62. The SMILES string of the molecule is COc1ccc(NC(C)c2cscn2)c([N+](=O)[O-])c1. The third kappa shape index (κ3) is 3.00. The summed E-state index contributed by atoms with van der Waals surface area (Å²) in [7, 11) is 1.48. The minimum atomic E-state index is -0.432. The number of nitrogens with one attached hydrogen (secondary N) is 1. The lowest BCUT2D eigenvalue weighted by Crippen LogP contribution is -2.08. The first-order valence-electron chi connectivity index (χ1n) is 5.59. The smallest absolute Gasteiger partial charge is 0.296 e. The highest BCUT2D eigenvalue weighted by molar-refractivity contribution is 7.07. The number of anilines is 1. The fraction of sp³-hybridized carbons (Fsp3) is 0.250. The van der Waals surface area contributed by atoms with Crippen LogP contribution in [0.15, 0.2) is 29.1 Å². The van der Waals surface area contributed by atoms with Crippen molar-refractivity contribution in [1.82, 2.24) is 4.98 Å². The van der Waals surface area contributed by atoms with Crippen molar-refractivity contribution in [3.8, 4) is 5.75 Å². The molecule has 0 saturated heterocycles. The van der Waals surface area contributed by atoms with Crippen LogP contribution >= 0.6 is 11.3 Å². The lowest BCUT2D eigenvalue weighted by Gasteiger charge is -2.13. The summed E-state index contributed by atoms with van der Waals surface area (Å²) in [5.74, 6) is 0.457. The van der Waals surface area contributed by atoms with Crippen LogP contribution in [0.3, 0.4) is 0 Å². The molecule has 1 heterocycles. The molecule has 0 aliphatic heterocycles. The van der Waals surface area contributed by atoms with E-state index in [4.69, 9.17) is 4.74 Å². The first kappa shape index (κ1) is 13.3. The number of hydrogen-bond donors (Lipinski definition) is 1. The van der Waals surface area contributed by atoms with E-state index in [1.165, 1.54) is 24.5 Å². The molecule has 0 saturated carbocycles. The molecule has 19 heavy (non-hydrogen) atoms. The van der Waals surface area contributed by atoms with Gasteiger partial charge in [0.2, 0.25) is 0 Å². The zero-order chi connectivity index (χ0) is 13.8. The predicted octanol–water partition coefficient (Wildman–Crippen LogP) is 3.23. The number of methoxy groups -OCH3 is 1. The minimum absolute atomic E-state index is 0.0126. The predicted molar refractivity (Wildman–Crippen MR) is 73.8 cm³/mol. The molecule has 2 aromatic rings. The molecule has 0 fully saturated rings. The van der Waals surface area contributed by atoms with Crippen molar-refractivity contribution in [1.29, 1.82) is 0 Å². The van der Waals surface area contributed by atoms with Gasteiger partial charge in [-0.3, -0.25) is 10.1 Å². The molecule has 2 rings (SSSR count). The Kier molecular flexibility index (Phi) is 3.96. The minimum Gasteiger partial charge on any atom is -0.496 e. The number of nitro benzene ring substituents is 1. The molecule has 0 radical (unpaired) electrons. The van der Waals surface area contributed by atoms with E-state index in [2.05, 4.69) is 10.3 Å². The zero-order valence-electron chi connectivity index (χ0n) is 10.5. The second-order valence-electron chi connectivity index (χ2n) is 3.92. The first-order valence-corrected chi connectivity index (χ1v) is 6.53.